The number of pyridine rings is 1. The zero-order valence-corrected chi connectivity index (χ0v) is 11.2. The average molecular weight is 263 g/mol. The Morgan fingerprint density at radius 1 is 1.67 bits per heavy atom. The van der Waals surface area contributed by atoms with Crippen LogP contribution >= 0.6 is 12.2 Å². The number of thiocarbonyl (C=S) groups is 1. The number of amides is 1. The first kappa shape index (κ1) is 13.0. The van der Waals surface area contributed by atoms with E-state index in [1.807, 2.05) is 17.0 Å². The summed E-state index contributed by atoms with van der Waals surface area (Å²) in [5, 5.41) is 0. The van der Waals surface area contributed by atoms with Crippen LogP contribution in [0.5, 0.6) is 0 Å². The van der Waals surface area contributed by atoms with Crippen LogP contribution in [0.4, 0.5) is 0 Å². The molecule has 2 N–H and O–H groups in total. The molecular formula is C13H17N3OS. The van der Waals surface area contributed by atoms with Crippen LogP contribution in [0.3, 0.4) is 0 Å². The van der Waals surface area contributed by atoms with Crippen molar-refractivity contribution in [3.8, 4) is 0 Å². The molecule has 1 aliphatic rings. The molecule has 0 bridgehead atoms. The molecule has 1 amide bonds. The van der Waals surface area contributed by atoms with Crippen LogP contribution in [0.1, 0.15) is 31.0 Å². The monoisotopic (exact) mass is 263 g/mol. The standard InChI is InChI=1S/C13H17N3OS/c1-2-9-6-12(17)16(7-9)8-10-3-4-15-11(5-10)13(14)18/h3-5,9H,2,6-8H2,1H3,(H2,14,18). The quantitative estimate of drug-likeness (QED) is 0.836. The fraction of sp³-hybridized carbons (Fsp3) is 0.462. The highest BCUT2D eigenvalue weighted by atomic mass is 32.1. The lowest BCUT2D eigenvalue weighted by molar-refractivity contribution is -0.128. The van der Waals surface area contributed by atoms with E-state index in [1.165, 1.54) is 0 Å². The summed E-state index contributed by atoms with van der Waals surface area (Å²) in [4.78, 5) is 18.1. The number of likely N-dealkylation sites (tertiary alicyclic amines) is 1. The summed E-state index contributed by atoms with van der Waals surface area (Å²) in [5.41, 5.74) is 7.19. The SMILES string of the molecule is CCC1CC(=O)N(Cc2ccnc(C(N)=S)c2)C1. The van der Waals surface area contributed by atoms with Crippen molar-refractivity contribution in [2.75, 3.05) is 6.54 Å². The van der Waals surface area contributed by atoms with Gasteiger partial charge in [-0.25, -0.2) is 0 Å². The molecule has 1 saturated heterocycles. The lowest BCUT2D eigenvalue weighted by Crippen LogP contribution is -2.25. The number of hydrogen-bond acceptors (Lipinski definition) is 3. The Balaban J connectivity index is 2.08. The van der Waals surface area contributed by atoms with Gasteiger partial charge >= 0.3 is 0 Å². The minimum absolute atomic E-state index is 0.232. The van der Waals surface area contributed by atoms with E-state index >= 15 is 0 Å². The first-order valence-corrected chi connectivity index (χ1v) is 6.53. The van der Waals surface area contributed by atoms with Crippen LogP contribution in [0.15, 0.2) is 18.3 Å². The summed E-state index contributed by atoms with van der Waals surface area (Å²) in [6.07, 6.45) is 3.40. The van der Waals surface area contributed by atoms with Gasteiger partial charge in [-0.1, -0.05) is 25.6 Å². The maximum absolute atomic E-state index is 11.8. The van der Waals surface area contributed by atoms with E-state index in [4.69, 9.17) is 18.0 Å². The van der Waals surface area contributed by atoms with Gasteiger partial charge in [0.25, 0.3) is 0 Å². The first-order chi connectivity index (χ1) is 8.60. The van der Waals surface area contributed by atoms with Gasteiger partial charge in [0.2, 0.25) is 5.91 Å². The van der Waals surface area contributed by atoms with E-state index in [1.54, 1.807) is 6.20 Å². The third-order valence-corrected chi connectivity index (χ3v) is 3.53. The van der Waals surface area contributed by atoms with Gasteiger partial charge < -0.3 is 10.6 Å². The molecule has 1 unspecified atom stereocenters. The molecule has 1 fully saturated rings. The lowest BCUT2D eigenvalue weighted by atomic mass is 10.1. The molecule has 2 rings (SSSR count). The van der Waals surface area contributed by atoms with Crippen LogP contribution in [0, 0.1) is 5.92 Å². The second kappa shape index (κ2) is 5.44. The molecule has 0 aromatic carbocycles. The maximum Gasteiger partial charge on any atom is 0.223 e. The second-order valence-electron chi connectivity index (χ2n) is 4.67. The first-order valence-electron chi connectivity index (χ1n) is 6.12. The van der Waals surface area contributed by atoms with E-state index in [2.05, 4.69) is 11.9 Å². The molecule has 2 heterocycles. The summed E-state index contributed by atoms with van der Waals surface area (Å²) in [6.45, 7) is 3.59. The number of aromatic nitrogens is 1. The molecule has 18 heavy (non-hydrogen) atoms. The third kappa shape index (κ3) is 2.85. The number of carbonyl (C=O) groups excluding carboxylic acids is 1. The summed E-state index contributed by atoms with van der Waals surface area (Å²) in [6, 6.07) is 3.75. The molecular weight excluding hydrogens is 246 g/mol. The fourth-order valence-corrected chi connectivity index (χ4v) is 2.32. The highest BCUT2D eigenvalue weighted by Crippen LogP contribution is 2.22. The normalized spacial score (nSPS) is 19.3. The number of rotatable bonds is 4. The Bertz CT molecular complexity index is 475. The summed E-state index contributed by atoms with van der Waals surface area (Å²) in [5.74, 6) is 0.727. The van der Waals surface area contributed by atoms with Crippen molar-refractivity contribution in [1.82, 2.24) is 9.88 Å². The molecule has 0 saturated carbocycles. The minimum Gasteiger partial charge on any atom is -0.388 e. The number of nitrogens with zero attached hydrogens (tertiary/aromatic N) is 2. The average Bonchev–Trinajstić information content (AvgIpc) is 2.70. The van der Waals surface area contributed by atoms with E-state index in [-0.39, 0.29) is 10.9 Å². The Labute approximate surface area is 112 Å². The maximum atomic E-state index is 11.8. The second-order valence-corrected chi connectivity index (χ2v) is 5.11. The van der Waals surface area contributed by atoms with Gasteiger partial charge in [0.05, 0.1) is 5.69 Å². The van der Waals surface area contributed by atoms with Crippen molar-refractivity contribution in [2.24, 2.45) is 11.7 Å². The summed E-state index contributed by atoms with van der Waals surface area (Å²) in [7, 11) is 0. The molecule has 0 aliphatic carbocycles. The van der Waals surface area contributed by atoms with Gasteiger partial charge in [-0.2, -0.15) is 0 Å². The van der Waals surface area contributed by atoms with Crippen molar-refractivity contribution in [3.05, 3.63) is 29.6 Å². The lowest BCUT2D eigenvalue weighted by Gasteiger charge is -2.16. The van der Waals surface area contributed by atoms with Crippen molar-refractivity contribution in [2.45, 2.75) is 26.3 Å². The molecule has 0 spiro atoms. The molecule has 1 atom stereocenters. The van der Waals surface area contributed by atoms with Gasteiger partial charge in [-0.15, -0.1) is 0 Å². The molecule has 96 valence electrons. The van der Waals surface area contributed by atoms with Gasteiger partial charge in [0.15, 0.2) is 0 Å². The van der Waals surface area contributed by atoms with Gasteiger partial charge in [0, 0.05) is 25.7 Å². The molecule has 1 aromatic heterocycles. The molecule has 4 nitrogen and oxygen atoms in total. The van der Waals surface area contributed by atoms with E-state index in [0.717, 1.165) is 18.5 Å². The molecule has 5 heteroatoms. The minimum atomic E-state index is 0.232. The molecule has 1 aromatic rings. The smallest absolute Gasteiger partial charge is 0.223 e. The number of carbonyl (C=O) groups is 1. The van der Waals surface area contributed by atoms with Gasteiger partial charge in [0.1, 0.15) is 4.99 Å². The van der Waals surface area contributed by atoms with Crippen LogP contribution in [0.2, 0.25) is 0 Å². The Kier molecular flexibility index (Phi) is 3.91. The summed E-state index contributed by atoms with van der Waals surface area (Å²) < 4.78 is 0. The van der Waals surface area contributed by atoms with Crippen molar-refractivity contribution >= 4 is 23.1 Å². The molecule has 0 radical (unpaired) electrons. The van der Waals surface area contributed by atoms with E-state index in [0.29, 0.717) is 24.6 Å². The third-order valence-electron chi connectivity index (χ3n) is 3.32. The van der Waals surface area contributed by atoms with Gasteiger partial charge in [-0.3, -0.25) is 9.78 Å². The summed E-state index contributed by atoms with van der Waals surface area (Å²) >= 11 is 4.90. The zero-order valence-electron chi connectivity index (χ0n) is 10.4. The topological polar surface area (TPSA) is 59.2 Å². The van der Waals surface area contributed by atoms with Crippen LogP contribution in [-0.4, -0.2) is 27.3 Å². The van der Waals surface area contributed by atoms with Gasteiger partial charge in [-0.05, 0) is 23.6 Å². The predicted octanol–water partition coefficient (Wildman–Crippen LogP) is 1.47. The highest BCUT2D eigenvalue weighted by molar-refractivity contribution is 7.80. The highest BCUT2D eigenvalue weighted by Gasteiger charge is 2.28. The fourth-order valence-electron chi connectivity index (χ4n) is 2.21. The zero-order chi connectivity index (χ0) is 13.1. The van der Waals surface area contributed by atoms with E-state index < -0.39 is 0 Å². The van der Waals surface area contributed by atoms with E-state index in [9.17, 15) is 4.79 Å². The Hall–Kier alpha value is -1.49. The van der Waals surface area contributed by atoms with Crippen molar-refractivity contribution in [1.29, 1.82) is 0 Å². The van der Waals surface area contributed by atoms with Crippen LogP contribution in [-0.2, 0) is 11.3 Å². The number of hydrogen-bond donors (Lipinski definition) is 1. The molecule has 1 aliphatic heterocycles. The number of nitrogens with two attached hydrogens (primary N) is 1. The largest absolute Gasteiger partial charge is 0.388 e. The van der Waals surface area contributed by atoms with Crippen molar-refractivity contribution < 1.29 is 4.79 Å². The Morgan fingerprint density at radius 3 is 3.06 bits per heavy atom. The Morgan fingerprint density at radius 2 is 2.44 bits per heavy atom. The van der Waals surface area contributed by atoms with Crippen LogP contribution < -0.4 is 5.73 Å². The van der Waals surface area contributed by atoms with Crippen LogP contribution in [0.25, 0.3) is 0 Å². The van der Waals surface area contributed by atoms with Crippen molar-refractivity contribution in [3.63, 3.8) is 0 Å². The predicted molar refractivity (Wildman–Crippen MR) is 73.9 cm³/mol.